The Morgan fingerprint density at radius 3 is 2.29 bits per heavy atom. The molecule has 0 bridgehead atoms. The average molecular weight is 405 g/mol. The largest absolute Gasteiger partial charge is 0.457 e. The van der Waals surface area contributed by atoms with Crippen LogP contribution in [0.4, 0.5) is 4.39 Å². The highest BCUT2D eigenvalue weighted by Gasteiger charge is 2.57. The number of nitrogens with zero attached hydrogens (tertiary/aromatic N) is 1. The summed E-state index contributed by atoms with van der Waals surface area (Å²) >= 11 is 0. The van der Waals surface area contributed by atoms with Crippen LogP contribution in [0.15, 0.2) is 59.6 Å². The molecule has 0 saturated carbocycles. The van der Waals surface area contributed by atoms with Gasteiger partial charge in [0.15, 0.2) is 0 Å². The minimum Gasteiger partial charge on any atom is -0.457 e. The lowest BCUT2D eigenvalue weighted by Gasteiger charge is -2.47. The number of rotatable bonds is 4. The van der Waals surface area contributed by atoms with Crippen LogP contribution < -0.4 is 4.72 Å². The number of nitrogens with one attached hydrogen (secondary N) is 1. The van der Waals surface area contributed by atoms with E-state index < -0.39 is 32.2 Å². The van der Waals surface area contributed by atoms with Crippen molar-refractivity contribution in [1.29, 1.82) is 0 Å². The van der Waals surface area contributed by atoms with Gasteiger partial charge < -0.3 is 4.74 Å². The molecule has 5 nitrogen and oxygen atoms in total. The van der Waals surface area contributed by atoms with Crippen molar-refractivity contribution in [3.63, 3.8) is 0 Å². The zero-order chi connectivity index (χ0) is 20.6. The number of amidine groups is 1. The van der Waals surface area contributed by atoms with Crippen LogP contribution in [0.25, 0.3) is 0 Å². The Labute approximate surface area is 165 Å². The molecule has 28 heavy (non-hydrogen) atoms. The number of hydrogen-bond acceptors (Lipinski definition) is 4. The van der Waals surface area contributed by atoms with E-state index in [4.69, 9.17) is 4.74 Å². The molecule has 150 valence electrons. The third-order valence-corrected chi connectivity index (χ3v) is 7.76. The average Bonchev–Trinajstić information content (AvgIpc) is 2.60. The minimum atomic E-state index is -3.82. The molecule has 1 heterocycles. The summed E-state index contributed by atoms with van der Waals surface area (Å²) in [6.45, 7) is 6.82. The lowest BCUT2D eigenvalue weighted by atomic mass is 9.85. The molecule has 7 heteroatoms. The molecule has 2 aromatic rings. The molecule has 1 saturated heterocycles. The summed E-state index contributed by atoms with van der Waals surface area (Å²) < 4.78 is 47.6. The number of hydrogen-bond donors (Lipinski definition) is 1. The van der Waals surface area contributed by atoms with Gasteiger partial charge in [-0.3, -0.25) is 0 Å². The van der Waals surface area contributed by atoms with Gasteiger partial charge >= 0.3 is 0 Å². The Balaban J connectivity index is 1.93. The van der Waals surface area contributed by atoms with E-state index in [0.29, 0.717) is 5.56 Å². The van der Waals surface area contributed by atoms with Gasteiger partial charge in [0.25, 0.3) is 6.02 Å². The molecular formula is C21H25FN2O3S. The summed E-state index contributed by atoms with van der Waals surface area (Å²) in [4.78, 5) is 4.30. The fourth-order valence-corrected chi connectivity index (χ4v) is 4.92. The monoisotopic (exact) mass is 404 g/mol. The van der Waals surface area contributed by atoms with Crippen LogP contribution in [0.5, 0.6) is 0 Å². The van der Waals surface area contributed by atoms with Crippen molar-refractivity contribution in [3.8, 4) is 0 Å². The molecule has 1 N–H and O–H groups in total. The van der Waals surface area contributed by atoms with Crippen molar-refractivity contribution < 1.29 is 17.5 Å². The molecule has 2 unspecified atom stereocenters. The summed E-state index contributed by atoms with van der Waals surface area (Å²) in [5, 5.41) is 0. The van der Waals surface area contributed by atoms with Gasteiger partial charge in [0.05, 0.1) is 6.04 Å². The van der Waals surface area contributed by atoms with Gasteiger partial charge in [-0.15, -0.1) is 0 Å². The van der Waals surface area contributed by atoms with Crippen molar-refractivity contribution in [2.75, 3.05) is 0 Å². The second-order valence-electron chi connectivity index (χ2n) is 7.74. The lowest BCUT2D eigenvalue weighted by Crippen LogP contribution is -2.66. The Kier molecular flexibility index (Phi) is 5.23. The van der Waals surface area contributed by atoms with Crippen molar-refractivity contribution in [2.24, 2.45) is 4.99 Å². The normalized spacial score (nSPS) is 25.5. The van der Waals surface area contributed by atoms with E-state index >= 15 is 0 Å². The fourth-order valence-electron chi connectivity index (χ4n) is 3.33. The van der Waals surface area contributed by atoms with Crippen LogP contribution in [-0.2, 0) is 21.2 Å². The first kappa shape index (κ1) is 20.3. The second kappa shape index (κ2) is 7.20. The smallest absolute Gasteiger partial charge is 0.299 e. The van der Waals surface area contributed by atoms with E-state index in [1.54, 1.807) is 45.9 Å². The fraction of sp³-hybridized carbons (Fsp3) is 0.381. The molecule has 0 spiro atoms. The van der Waals surface area contributed by atoms with Crippen molar-refractivity contribution >= 4 is 16.0 Å². The zero-order valence-corrected chi connectivity index (χ0v) is 17.3. The van der Waals surface area contributed by atoms with Crippen LogP contribution >= 0.6 is 0 Å². The Hall–Kier alpha value is -2.41. The molecule has 0 aliphatic carbocycles. The summed E-state index contributed by atoms with van der Waals surface area (Å²) in [6.07, 6.45) is 0.284. The van der Waals surface area contributed by atoms with E-state index in [1.807, 2.05) is 30.3 Å². The van der Waals surface area contributed by atoms with Crippen LogP contribution in [0.1, 0.15) is 44.9 Å². The molecule has 1 aliphatic rings. The zero-order valence-electron chi connectivity index (χ0n) is 16.4. The molecule has 0 amide bonds. The topological polar surface area (TPSA) is 67.8 Å². The van der Waals surface area contributed by atoms with Gasteiger partial charge in [0.1, 0.15) is 16.2 Å². The maximum Gasteiger partial charge on any atom is 0.299 e. The van der Waals surface area contributed by atoms with Crippen LogP contribution in [-0.4, -0.2) is 24.8 Å². The van der Waals surface area contributed by atoms with Crippen molar-refractivity contribution in [3.05, 3.63) is 71.5 Å². The molecule has 2 atom stereocenters. The predicted molar refractivity (Wildman–Crippen MR) is 108 cm³/mol. The summed E-state index contributed by atoms with van der Waals surface area (Å²) in [5.74, 6) is -0.397. The molecule has 0 radical (unpaired) electrons. The SMILES string of the molecule is CC(N=C1NS(=O)(=O)C(C)(Cc2ccccc2)C(C)(C)O1)c1ccccc1F. The van der Waals surface area contributed by atoms with Crippen molar-refractivity contribution in [1.82, 2.24) is 4.72 Å². The van der Waals surface area contributed by atoms with Crippen molar-refractivity contribution in [2.45, 2.75) is 50.5 Å². The van der Waals surface area contributed by atoms with E-state index in [-0.39, 0.29) is 12.4 Å². The Bertz CT molecular complexity index is 990. The van der Waals surface area contributed by atoms with Gasteiger partial charge in [-0.25, -0.2) is 22.5 Å². The quantitative estimate of drug-likeness (QED) is 0.838. The van der Waals surface area contributed by atoms with Gasteiger partial charge in [-0.1, -0.05) is 48.5 Å². The van der Waals surface area contributed by atoms with E-state index in [9.17, 15) is 12.8 Å². The highest BCUT2D eigenvalue weighted by molar-refractivity contribution is 7.91. The highest BCUT2D eigenvalue weighted by atomic mass is 32.2. The Morgan fingerprint density at radius 1 is 1.07 bits per heavy atom. The predicted octanol–water partition coefficient (Wildman–Crippen LogP) is 3.97. The lowest BCUT2D eigenvalue weighted by molar-refractivity contribution is 0.0396. The van der Waals surface area contributed by atoms with Gasteiger partial charge in [0.2, 0.25) is 10.0 Å². The maximum atomic E-state index is 14.0. The summed E-state index contributed by atoms with van der Waals surface area (Å²) in [6, 6.07) is 15.0. The second-order valence-corrected chi connectivity index (χ2v) is 9.85. The first-order valence-electron chi connectivity index (χ1n) is 9.13. The van der Waals surface area contributed by atoms with Gasteiger partial charge in [-0.05, 0) is 45.7 Å². The minimum absolute atomic E-state index is 0.119. The molecule has 2 aromatic carbocycles. The first-order chi connectivity index (χ1) is 13.1. The standard InChI is InChI=1S/C21H25FN2O3S/c1-15(17-12-8-9-13-18(17)22)23-19-24-28(25,26)21(4,20(2,3)27-19)14-16-10-6-5-7-11-16/h5-13,15H,14H2,1-4H3,(H,23,24). The number of halogens is 1. The molecule has 1 fully saturated rings. The number of benzene rings is 2. The van der Waals surface area contributed by atoms with Crippen LogP contribution in [0.3, 0.4) is 0 Å². The molecule has 1 aliphatic heterocycles. The van der Waals surface area contributed by atoms with Gasteiger partial charge in [-0.2, -0.15) is 0 Å². The number of sulfonamides is 1. The Morgan fingerprint density at radius 2 is 1.68 bits per heavy atom. The van der Waals surface area contributed by atoms with E-state index in [1.165, 1.54) is 6.07 Å². The van der Waals surface area contributed by atoms with E-state index in [0.717, 1.165) is 5.56 Å². The van der Waals surface area contributed by atoms with Crippen LogP contribution in [0.2, 0.25) is 0 Å². The summed E-state index contributed by atoms with van der Waals surface area (Å²) in [7, 11) is -3.82. The summed E-state index contributed by atoms with van der Waals surface area (Å²) in [5.41, 5.74) is 0.209. The molecular weight excluding hydrogens is 379 g/mol. The first-order valence-corrected chi connectivity index (χ1v) is 10.6. The third-order valence-electron chi connectivity index (χ3n) is 5.49. The van der Waals surface area contributed by atoms with Crippen LogP contribution in [0, 0.1) is 5.82 Å². The number of aliphatic imine (C=N–C) groups is 1. The highest BCUT2D eigenvalue weighted by Crippen LogP contribution is 2.39. The number of ether oxygens (including phenoxy) is 1. The molecule has 0 aromatic heterocycles. The molecule has 3 rings (SSSR count). The maximum absolute atomic E-state index is 14.0. The van der Waals surface area contributed by atoms with Gasteiger partial charge in [0, 0.05) is 5.56 Å². The van der Waals surface area contributed by atoms with E-state index in [2.05, 4.69) is 9.71 Å². The third kappa shape index (κ3) is 3.63.